The van der Waals surface area contributed by atoms with E-state index in [1.807, 2.05) is 31.2 Å². The molecule has 0 unspecified atom stereocenters. The molecule has 1 aromatic carbocycles. The van der Waals surface area contributed by atoms with Crippen molar-refractivity contribution in [1.29, 1.82) is 0 Å². The van der Waals surface area contributed by atoms with Crippen molar-refractivity contribution in [3.8, 4) is 0 Å². The zero-order valence-electron chi connectivity index (χ0n) is 11.7. The lowest BCUT2D eigenvalue weighted by Gasteiger charge is -2.07. The van der Waals surface area contributed by atoms with Gasteiger partial charge >= 0.3 is 0 Å². The number of hydrogen-bond acceptors (Lipinski definition) is 2. The number of carbonyl (C=O) groups excluding carboxylic acids is 1. The SMILES string of the molecule is CCc1ccc(NC(=O)CCn2ncc(Cl)c2C)cc1. The first-order valence-corrected chi connectivity index (χ1v) is 7.04. The first-order valence-electron chi connectivity index (χ1n) is 6.67. The van der Waals surface area contributed by atoms with Gasteiger partial charge in [0, 0.05) is 12.1 Å². The van der Waals surface area contributed by atoms with Crippen LogP contribution in [0.25, 0.3) is 0 Å². The molecule has 0 fully saturated rings. The number of anilines is 1. The summed E-state index contributed by atoms with van der Waals surface area (Å²) >= 11 is 5.92. The van der Waals surface area contributed by atoms with Crippen LogP contribution in [0.4, 0.5) is 5.69 Å². The predicted octanol–water partition coefficient (Wildman–Crippen LogP) is 3.44. The molecule has 0 aliphatic carbocycles. The number of aryl methyl sites for hydroxylation is 2. The highest BCUT2D eigenvalue weighted by molar-refractivity contribution is 6.31. The van der Waals surface area contributed by atoms with E-state index >= 15 is 0 Å². The molecular formula is C15H18ClN3O. The van der Waals surface area contributed by atoms with Gasteiger partial charge in [-0.1, -0.05) is 30.7 Å². The molecule has 0 radical (unpaired) electrons. The number of aromatic nitrogens is 2. The maximum atomic E-state index is 11.9. The second kappa shape index (κ2) is 6.57. The maximum Gasteiger partial charge on any atom is 0.226 e. The summed E-state index contributed by atoms with van der Waals surface area (Å²) in [4.78, 5) is 11.9. The van der Waals surface area contributed by atoms with Gasteiger partial charge in [0.05, 0.1) is 23.5 Å². The summed E-state index contributed by atoms with van der Waals surface area (Å²) < 4.78 is 1.74. The number of nitrogens with one attached hydrogen (secondary N) is 1. The monoisotopic (exact) mass is 291 g/mol. The molecule has 0 bridgehead atoms. The van der Waals surface area contributed by atoms with Crippen molar-refractivity contribution in [3.05, 3.63) is 46.7 Å². The summed E-state index contributed by atoms with van der Waals surface area (Å²) in [7, 11) is 0. The van der Waals surface area contributed by atoms with Crippen molar-refractivity contribution in [1.82, 2.24) is 9.78 Å². The third kappa shape index (κ3) is 3.61. The first kappa shape index (κ1) is 14.6. The van der Waals surface area contributed by atoms with E-state index in [2.05, 4.69) is 17.3 Å². The van der Waals surface area contributed by atoms with E-state index in [-0.39, 0.29) is 5.91 Å². The molecule has 5 heteroatoms. The van der Waals surface area contributed by atoms with Crippen LogP contribution in [0.1, 0.15) is 24.6 Å². The highest BCUT2D eigenvalue weighted by atomic mass is 35.5. The topological polar surface area (TPSA) is 46.9 Å². The largest absolute Gasteiger partial charge is 0.326 e. The van der Waals surface area contributed by atoms with Crippen LogP contribution in [0.3, 0.4) is 0 Å². The summed E-state index contributed by atoms with van der Waals surface area (Å²) in [5.74, 6) is -0.0275. The molecule has 2 aromatic rings. The van der Waals surface area contributed by atoms with Crippen LogP contribution >= 0.6 is 11.6 Å². The van der Waals surface area contributed by atoms with Gasteiger partial charge in [0.25, 0.3) is 0 Å². The number of nitrogens with zero attached hydrogens (tertiary/aromatic N) is 2. The van der Waals surface area contributed by atoms with Crippen molar-refractivity contribution in [2.24, 2.45) is 0 Å². The van der Waals surface area contributed by atoms with E-state index < -0.39 is 0 Å². The molecular weight excluding hydrogens is 274 g/mol. The number of amides is 1. The molecule has 1 amide bonds. The van der Waals surface area contributed by atoms with Gasteiger partial charge in [0.15, 0.2) is 0 Å². The van der Waals surface area contributed by atoms with Crippen LogP contribution in [-0.2, 0) is 17.8 Å². The van der Waals surface area contributed by atoms with Crippen molar-refractivity contribution >= 4 is 23.2 Å². The standard InChI is InChI=1S/C15H18ClN3O/c1-3-12-4-6-13(7-5-12)18-15(20)8-9-19-11(2)14(16)10-17-19/h4-7,10H,3,8-9H2,1-2H3,(H,18,20). The Morgan fingerprint density at radius 1 is 1.35 bits per heavy atom. The fourth-order valence-corrected chi connectivity index (χ4v) is 2.05. The average molecular weight is 292 g/mol. The predicted molar refractivity (Wildman–Crippen MR) is 81.0 cm³/mol. The number of hydrogen-bond donors (Lipinski definition) is 1. The van der Waals surface area contributed by atoms with Crippen LogP contribution in [0.5, 0.6) is 0 Å². The summed E-state index contributed by atoms with van der Waals surface area (Å²) in [6, 6.07) is 7.89. The van der Waals surface area contributed by atoms with Gasteiger partial charge in [-0.25, -0.2) is 0 Å². The molecule has 106 valence electrons. The van der Waals surface area contributed by atoms with E-state index in [0.29, 0.717) is 18.0 Å². The lowest BCUT2D eigenvalue weighted by Crippen LogP contribution is -2.15. The Balaban J connectivity index is 1.87. The molecule has 1 aromatic heterocycles. The Morgan fingerprint density at radius 3 is 2.60 bits per heavy atom. The van der Waals surface area contributed by atoms with Crippen molar-refractivity contribution in [2.75, 3.05) is 5.32 Å². The Hall–Kier alpha value is -1.81. The van der Waals surface area contributed by atoms with Gasteiger partial charge in [-0.15, -0.1) is 0 Å². The minimum atomic E-state index is -0.0275. The van der Waals surface area contributed by atoms with Gasteiger partial charge in [-0.3, -0.25) is 9.48 Å². The molecule has 2 rings (SSSR count). The molecule has 0 aliphatic rings. The molecule has 0 spiro atoms. The maximum absolute atomic E-state index is 11.9. The van der Waals surface area contributed by atoms with E-state index in [1.54, 1.807) is 10.9 Å². The number of carbonyl (C=O) groups is 1. The summed E-state index contributed by atoms with van der Waals surface area (Å²) in [6.07, 6.45) is 2.96. The van der Waals surface area contributed by atoms with Crippen LogP contribution < -0.4 is 5.32 Å². The van der Waals surface area contributed by atoms with Crippen LogP contribution in [-0.4, -0.2) is 15.7 Å². The minimum absolute atomic E-state index is 0.0275. The van der Waals surface area contributed by atoms with Gasteiger partial charge in [-0.2, -0.15) is 5.10 Å². The van der Waals surface area contributed by atoms with E-state index in [4.69, 9.17) is 11.6 Å². The van der Waals surface area contributed by atoms with E-state index in [9.17, 15) is 4.79 Å². The smallest absolute Gasteiger partial charge is 0.226 e. The molecule has 1 N–H and O–H groups in total. The average Bonchev–Trinajstić information content (AvgIpc) is 2.77. The first-order chi connectivity index (χ1) is 9.60. The van der Waals surface area contributed by atoms with Crippen LogP contribution in [0.2, 0.25) is 5.02 Å². The quantitative estimate of drug-likeness (QED) is 0.917. The number of rotatable bonds is 5. The fourth-order valence-electron chi connectivity index (χ4n) is 1.90. The molecule has 20 heavy (non-hydrogen) atoms. The van der Waals surface area contributed by atoms with Gasteiger partial charge in [0.1, 0.15) is 0 Å². The van der Waals surface area contributed by atoms with Gasteiger partial charge in [0.2, 0.25) is 5.91 Å². The Morgan fingerprint density at radius 2 is 2.05 bits per heavy atom. The molecule has 0 saturated carbocycles. The highest BCUT2D eigenvalue weighted by Crippen LogP contribution is 2.14. The minimum Gasteiger partial charge on any atom is -0.326 e. The van der Waals surface area contributed by atoms with Gasteiger partial charge < -0.3 is 5.32 Å². The molecule has 0 atom stereocenters. The Kier molecular flexibility index (Phi) is 4.79. The third-order valence-corrected chi connectivity index (χ3v) is 3.61. The molecule has 1 heterocycles. The summed E-state index contributed by atoms with van der Waals surface area (Å²) in [6.45, 7) is 4.51. The molecule has 0 aliphatic heterocycles. The molecule has 0 saturated heterocycles. The van der Waals surface area contributed by atoms with Crippen molar-refractivity contribution in [2.45, 2.75) is 33.2 Å². The summed E-state index contributed by atoms with van der Waals surface area (Å²) in [5, 5.41) is 7.62. The van der Waals surface area contributed by atoms with Crippen molar-refractivity contribution in [3.63, 3.8) is 0 Å². The van der Waals surface area contributed by atoms with Crippen molar-refractivity contribution < 1.29 is 4.79 Å². The van der Waals surface area contributed by atoms with Crippen LogP contribution in [0, 0.1) is 6.92 Å². The van der Waals surface area contributed by atoms with E-state index in [0.717, 1.165) is 17.8 Å². The second-order valence-electron chi connectivity index (χ2n) is 4.65. The highest BCUT2D eigenvalue weighted by Gasteiger charge is 2.07. The lowest BCUT2D eigenvalue weighted by molar-refractivity contribution is -0.116. The van der Waals surface area contributed by atoms with Gasteiger partial charge in [-0.05, 0) is 31.0 Å². The van der Waals surface area contributed by atoms with Crippen LogP contribution in [0.15, 0.2) is 30.5 Å². The Labute approximate surface area is 123 Å². The normalized spacial score (nSPS) is 10.6. The number of benzene rings is 1. The lowest BCUT2D eigenvalue weighted by atomic mass is 10.1. The molecule has 4 nitrogen and oxygen atoms in total. The zero-order valence-corrected chi connectivity index (χ0v) is 12.4. The number of halogens is 1. The summed E-state index contributed by atoms with van der Waals surface area (Å²) in [5.41, 5.74) is 2.96. The van der Waals surface area contributed by atoms with E-state index in [1.165, 1.54) is 5.56 Å². The fraction of sp³-hybridized carbons (Fsp3) is 0.333. The zero-order chi connectivity index (χ0) is 14.5. The third-order valence-electron chi connectivity index (χ3n) is 3.24. The Bertz CT molecular complexity index is 590. The second-order valence-corrected chi connectivity index (χ2v) is 5.06.